The lowest BCUT2D eigenvalue weighted by molar-refractivity contribution is -0.116. The summed E-state index contributed by atoms with van der Waals surface area (Å²) in [6.07, 6.45) is 1.27. The number of anilines is 1. The van der Waals surface area contributed by atoms with Crippen LogP contribution in [-0.2, 0) is 20.8 Å². The maximum Gasteiger partial charge on any atom is 0.348 e. The van der Waals surface area contributed by atoms with Crippen molar-refractivity contribution in [1.29, 1.82) is 0 Å². The number of benzene rings is 1. The number of aromatic nitrogens is 2. The zero-order chi connectivity index (χ0) is 24.4. The van der Waals surface area contributed by atoms with Gasteiger partial charge < -0.3 is 19.2 Å². The predicted molar refractivity (Wildman–Crippen MR) is 125 cm³/mol. The first kappa shape index (κ1) is 23.2. The van der Waals surface area contributed by atoms with Gasteiger partial charge in [-0.3, -0.25) is 14.2 Å². The second kappa shape index (κ2) is 9.48. The lowest BCUT2D eigenvalue weighted by atomic mass is 10.1. The molecule has 0 unspecified atom stereocenters. The molecule has 0 saturated heterocycles. The molecule has 1 N–H and O–H groups in total. The fourth-order valence-corrected chi connectivity index (χ4v) is 4.60. The Bertz CT molecular complexity index is 1480. The van der Waals surface area contributed by atoms with E-state index in [0.29, 0.717) is 22.0 Å². The van der Waals surface area contributed by atoms with E-state index in [1.165, 1.54) is 6.33 Å². The van der Waals surface area contributed by atoms with Gasteiger partial charge in [-0.25, -0.2) is 14.6 Å². The van der Waals surface area contributed by atoms with E-state index in [0.717, 1.165) is 15.9 Å². The Labute approximate surface area is 197 Å². The van der Waals surface area contributed by atoms with Crippen molar-refractivity contribution >= 4 is 56.3 Å². The highest BCUT2D eigenvalue weighted by molar-refractivity contribution is 7.18. The van der Waals surface area contributed by atoms with Crippen LogP contribution in [0.2, 0.25) is 0 Å². The summed E-state index contributed by atoms with van der Waals surface area (Å²) in [7, 11) is 0. The lowest BCUT2D eigenvalue weighted by Crippen LogP contribution is -2.27. The quantitative estimate of drug-likeness (QED) is 0.395. The molecule has 10 nitrogen and oxygen atoms in total. The Balaban J connectivity index is 1.64. The SMILES string of the molecule is CCOC(=O)c1sc(NC(=O)Cn2cnc3c(oc4ccccc43)c2=O)c(C(=O)OCC)c1C. The number of hydrogen-bond donors (Lipinski definition) is 1. The number of ether oxygens (including phenoxy) is 2. The van der Waals surface area contributed by atoms with Crippen LogP contribution in [0.15, 0.2) is 39.8 Å². The van der Waals surface area contributed by atoms with E-state index in [9.17, 15) is 19.2 Å². The lowest BCUT2D eigenvalue weighted by Gasteiger charge is -2.08. The van der Waals surface area contributed by atoms with Gasteiger partial charge in [0.1, 0.15) is 27.5 Å². The highest BCUT2D eigenvalue weighted by Crippen LogP contribution is 2.34. The normalized spacial score (nSPS) is 11.0. The highest BCUT2D eigenvalue weighted by Gasteiger charge is 2.27. The first-order valence-corrected chi connectivity index (χ1v) is 11.3. The van der Waals surface area contributed by atoms with Gasteiger partial charge in [0, 0.05) is 5.39 Å². The van der Waals surface area contributed by atoms with E-state index in [4.69, 9.17) is 13.9 Å². The molecule has 3 aromatic heterocycles. The third-order valence-electron chi connectivity index (χ3n) is 5.00. The Hall–Kier alpha value is -3.99. The van der Waals surface area contributed by atoms with E-state index >= 15 is 0 Å². The molecular weight excluding hydrogens is 462 g/mol. The number of nitrogens with one attached hydrogen (secondary N) is 1. The van der Waals surface area contributed by atoms with Gasteiger partial charge in [-0.15, -0.1) is 11.3 Å². The first-order chi connectivity index (χ1) is 16.3. The summed E-state index contributed by atoms with van der Waals surface area (Å²) in [6.45, 7) is 4.79. The number of furan rings is 1. The smallest absolute Gasteiger partial charge is 0.348 e. The Morgan fingerprint density at radius 1 is 1.12 bits per heavy atom. The minimum Gasteiger partial charge on any atom is -0.462 e. The largest absolute Gasteiger partial charge is 0.462 e. The zero-order valence-corrected chi connectivity index (χ0v) is 19.5. The van der Waals surface area contributed by atoms with Crippen LogP contribution in [0, 0.1) is 6.92 Å². The summed E-state index contributed by atoms with van der Waals surface area (Å²) >= 11 is 0.908. The van der Waals surface area contributed by atoms with Gasteiger partial charge >= 0.3 is 11.9 Å². The molecule has 4 rings (SSSR count). The fraction of sp³-hybridized carbons (Fsp3) is 0.261. The van der Waals surface area contributed by atoms with Crippen molar-refractivity contribution < 1.29 is 28.3 Å². The van der Waals surface area contributed by atoms with Crippen molar-refractivity contribution in [2.45, 2.75) is 27.3 Å². The van der Waals surface area contributed by atoms with Crippen LogP contribution in [0.5, 0.6) is 0 Å². The molecule has 3 heterocycles. The van der Waals surface area contributed by atoms with Gasteiger partial charge in [0.25, 0.3) is 5.56 Å². The second-order valence-electron chi connectivity index (χ2n) is 7.20. The van der Waals surface area contributed by atoms with Crippen LogP contribution in [0.1, 0.15) is 39.4 Å². The Morgan fingerprint density at radius 2 is 1.82 bits per heavy atom. The number of fused-ring (bicyclic) bond motifs is 3. The number of thiophene rings is 1. The number of rotatable bonds is 7. The molecule has 11 heteroatoms. The third-order valence-corrected chi connectivity index (χ3v) is 6.19. The molecule has 0 saturated carbocycles. The van der Waals surface area contributed by atoms with E-state index in [2.05, 4.69) is 10.3 Å². The maximum atomic E-state index is 12.9. The van der Waals surface area contributed by atoms with Crippen molar-refractivity contribution in [3.05, 3.63) is 57.0 Å². The van der Waals surface area contributed by atoms with Gasteiger partial charge in [0.05, 0.1) is 25.1 Å². The number of para-hydroxylation sites is 1. The van der Waals surface area contributed by atoms with Gasteiger partial charge in [-0.2, -0.15) is 0 Å². The van der Waals surface area contributed by atoms with Gasteiger partial charge in [-0.1, -0.05) is 12.1 Å². The number of hydrogen-bond acceptors (Lipinski definition) is 9. The highest BCUT2D eigenvalue weighted by atomic mass is 32.1. The zero-order valence-electron chi connectivity index (χ0n) is 18.7. The maximum absolute atomic E-state index is 12.9. The van der Waals surface area contributed by atoms with E-state index in [1.54, 1.807) is 39.0 Å². The molecule has 0 spiro atoms. The summed E-state index contributed by atoms with van der Waals surface area (Å²) in [6, 6.07) is 7.12. The minimum atomic E-state index is -0.676. The van der Waals surface area contributed by atoms with Gasteiger partial charge in [-0.05, 0) is 38.5 Å². The van der Waals surface area contributed by atoms with Crippen molar-refractivity contribution in [1.82, 2.24) is 9.55 Å². The van der Waals surface area contributed by atoms with Crippen LogP contribution in [0.25, 0.3) is 22.1 Å². The summed E-state index contributed by atoms with van der Waals surface area (Å²) in [5, 5.41) is 3.45. The van der Waals surface area contributed by atoms with E-state index < -0.39 is 23.4 Å². The molecule has 0 radical (unpaired) electrons. The monoisotopic (exact) mass is 483 g/mol. The standard InChI is InChI=1S/C23H21N3O7S/c1-4-31-22(29)16-12(3)19(23(30)32-5-2)34-20(16)25-15(27)10-26-11-24-17-13-8-6-7-9-14(13)33-18(17)21(26)28/h6-9,11H,4-5,10H2,1-3H3,(H,25,27). The van der Waals surface area contributed by atoms with Crippen molar-refractivity contribution in [2.24, 2.45) is 0 Å². The van der Waals surface area contributed by atoms with Gasteiger partial charge in [0.2, 0.25) is 11.5 Å². The van der Waals surface area contributed by atoms with Crippen molar-refractivity contribution in [2.75, 3.05) is 18.5 Å². The number of carbonyl (C=O) groups is 3. The van der Waals surface area contributed by atoms with Crippen molar-refractivity contribution in [3.63, 3.8) is 0 Å². The van der Waals surface area contributed by atoms with E-state index in [1.807, 2.05) is 6.07 Å². The number of nitrogens with zero attached hydrogens (tertiary/aromatic N) is 2. The number of carbonyl (C=O) groups excluding carboxylic acids is 3. The molecule has 0 atom stereocenters. The van der Waals surface area contributed by atoms with Crippen LogP contribution in [0.4, 0.5) is 5.00 Å². The second-order valence-corrected chi connectivity index (χ2v) is 8.22. The molecule has 0 aliphatic carbocycles. The topological polar surface area (TPSA) is 130 Å². The molecule has 4 aromatic rings. The molecule has 0 bridgehead atoms. The average molecular weight is 484 g/mol. The molecule has 1 aromatic carbocycles. The summed E-state index contributed by atoms with van der Waals surface area (Å²) in [4.78, 5) is 54.9. The van der Waals surface area contributed by atoms with Crippen LogP contribution in [0.3, 0.4) is 0 Å². The van der Waals surface area contributed by atoms with Gasteiger partial charge in [0.15, 0.2) is 0 Å². The molecular formula is C23H21N3O7S. The Morgan fingerprint density at radius 3 is 2.56 bits per heavy atom. The molecule has 0 fully saturated rings. The van der Waals surface area contributed by atoms with Crippen LogP contribution < -0.4 is 10.9 Å². The predicted octanol–water partition coefficient (Wildman–Crippen LogP) is 3.50. The molecule has 176 valence electrons. The molecule has 34 heavy (non-hydrogen) atoms. The van der Waals surface area contributed by atoms with E-state index in [-0.39, 0.29) is 40.8 Å². The molecule has 0 aliphatic heterocycles. The van der Waals surface area contributed by atoms with Crippen LogP contribution >= 0.6 is 11.3 Å². The first-order valence-electron chi connectivity index (χ1n) is 10.5. The number of esters is 2. The minimum absolute atomic E-state index is 0.0419. The summed E-state index contributed by atoms with van der Waals surface area (Å²) in [5.41, 5.74) is 0.872. The van der Waals surface area contributed by atoms with Crippen molar-refractivity contribution in [3.8, 4) is 0 Å². The fourth-order valence-electron chi connectivity index (χ4n) is 3.49. The van der Waals surface area contributed by atoms with Crippen LogP contribution in [-0.4, -0.2) is 40.6 Å². The average Bonchev–Trinajstić information content (AvgIpc) is 3.34. The number of amides is 1. The molecule has 0 aliphatic rings. The summed E-state index contributed by atoms with van der Waals surface area (Å²) < 4.78 is 16.9. The summed E-state index contributed by atoms with van der Waals surface area (Å²) in [5.74, 6) is -1.88. The Kier molecular flexibility index (Phi) is 6.46. The molecule has 1 amide bonds. The third kappa shape index (κ3) is 4.17.